The van der Waals surface area contributed by atoms with Gasteiger partial charge in [-0.05, 0) is 49.9 Å². The lowest BCUT2D eigenvalue weighted by Gasteiger charge is -2.35. The number of hydrogen-bond donors (Lipinski definition) is 1. The number of aromatic nitrogens is 4. The lowest BCUT2D eigenvalue weighted by molar-refractivity contribution is -0.136. The van der Waals surface area contributed by atoms with Crippen molar-refractivity contribution in [1.29, 1.82) is 0 Å². The molecule has 3 aromatic heterocycles. The minimum absolute atomic E-state index is 0.0201. The first-order valence-electron chi connectivity index (χ1n) is 10.6. The summed E-state index contributed by atoms with van der Waals surface area (Å²) in [7, 11) is 0. The molecule has 2 unspecified atom stereocenters. The molecule has 3 aromatic rings. The Bertz CT molecular complexity index is 1080. The summed E-state index contributed by atoms with van der Waals surface area (Å²) in [5.74, 6) is 0.861. The van der Waals surface area contributed by atoms with Crippen LogP contribution >= 0.6 is 11.6 Å². The van der Waals surface area contributed by atoms with E-state index in [1.165, 1.54) is 6.20 Å². The number of carbonyl (C=O) groups excluding carboxylic acids is 2. The molecule has 0 aromatic carbocycles. The van der Waals surface area contributed by atoms with Gasteiger partial charge in [0.2, 0.25) is 5.91 Å². The van der Waals surface area contributed by atoms with Crippen molar-refractivity contribution >= 4 is 34.6 Å². The van der Waals surface area contributed by atoms with Crippen LogP contribution in [-0.2, 0) is 4.79 Å². The van der Waals surface area contributed by atoms with E-state index in [1.807, 2.05) is 17.0 Å². The Morgan fingerprint density at radius 2 is 1.97 bits per heavy atom. The van der Waals surface area contributed by atoms with Crippen molar-refractivity contribution in [2.45, 2.75) is 37.6 Å². The van der Waals surface area contributed by atoms with Crippen LogP contribution in [0.15, 0.2) is 36.7 Å². The molecule has 0 aliphatic carbocycles. The number of halogens is 1. The molecule has 2 fully saturated rings. The number of carbonyl (C=O) groups is 2. The quantitative estimate of drug-likeness (QED) is 0.634. The van der Waals surface area contributed by atoms with E-state index in [-0.39, 0.29) is 17.7 Å². The van der Waals surface area contributed by atoms with Gasteiger partial charge >= 0.3 is 0 Å². The SMILES string of the molecule is O=C(C1CCCN1C(=O)c1ccc(Cl)nc1)N1CCCC(c2nc3ncccc3[nH]2)C1. The summed E-state index contributed by atoms with van der Waals surface area (Å²) in [6, 6.07) is 6.66. The lowest BCUT2D eigenvalue weighted by Crippen LogP contribution is -2.50. The second-order valence-electron chi connectivity index (χ2n) is 8.15. The Balaban J connectivity index is 1.31. The van der Waals surface area contributed by atoms with Gasteiger partial charge in [0.25, 0.3) is 5.91 Å². The Hall–Kier alpha value is -3.00. The highest BCUT2D eigenvalue weighted by Gasteiger charge is 2.38. The van der Waals surface area contributed by atoms with Gasteiger partial charge in [-0.1, -0.05) is 11.6 Å². The molecule has 2 aliphatic rings. The summed E-state index contributed by atoms with van der Waals surface area (Å²) in [6.07, 6.45) is 6.57. The number of piperidine rings is 1. The van der Waals surface area contributed by atoms with E-state index in [0.717, 1.165) is 30.6 Å². The molecule has 2 saturated heterocycles. The van der Waals surface area contributed by atoms with E-state index >= 15 is 0 Å². The van der Waals surface area contributed by atoms with E-state index in [9.17, 15) is 9.59 Å². The maximum atomic E-state index is 13.4. The topological polar surface area (TPSA) is 95.1 Å². The zero-order valence-corrected chi connectivity index (χ0v) is 17.8. The molecule has 0 bridgehead atoms. The standard InChI is InChI=1S/C22H23ClN6O2/c23-18-8-7-14(12-25-18)21(30)29-11-3-6-17(29)22(31)28-10-2-4-15(13-28)19-26-16-5-1-9-24-20(16)27-19/h1,5,7-9,12,15,17H,2-4,6,10-11,13H2,(H,24,26,27). The van der Waals surface area contributed by atoms with E-state index in [4.69, 9.17) is 11.6 Å². The summed E-state index contributed by atoms with van der Waals surface area (Å²) >= 11 is 5.84. The maximum absolute atomic E-state index is 13.4. The molecular weight excluding hydrogens is 416 g/mol. The number of H-pyrrole nitrogens is 1. The second-order valence-corrected chi connectivity index (χ2v) is 8.53. The van der Waals surface area contributed by atoms with Gasteiger partial charge in [-0.25, -0.2) is 15.0 Å². The molecule has 0 saturated carbocycles. The Kier molecular flexibility index (Phi) is 5.31. The van der Waals surface area contributed by atoms with Gasteiger partial charge in [0, 0.05) is 37.9 Å². The van der Waals surface area contributed by atoms with Crippen LogP contribution < -0.4 is 0 Å². The van der Waals surface area contributed by atoms with E-state index in [1.54, 1.807) is 23.2 Å². The number of likely N-dealkylation sites (tertiary alicyclic amines) is 2. The lowest BCUT2D eigenvalue weighted by atomic mass is 9.96. The normalized spacial score (nSPS) is 21.6. The Morgan fingerprint density at radius 3 is 2.77 bits per heavy atom. The highest BCUT2D eigenvalue weighted by molar-refractivity contribution is 6.29. The van der Waals surface area contributed by atoms with Gasteiger partial charge in [0.1, 0.15) is 17.0 Å². The first-order chi connectivity index (χ1) is 15.1. The van der Waals surface area contributed by atoms with Crippen LogP contribution in [0.5, 0.6) is 0 Å². The van der Waals surface area contributed by atoms with Crippen LogP contribution in [0.3, 0.4) is 0 Å². The molecule has 0 spiro atoms. The number of amides is 2. The second kappa shape index (κ2) is 8.26. The molecule has 8 nitrogen and oxygen atoms in total. The smallest absolute Gasteiger partial charge is 0.256 e. The molecule has 5 rings (SSSR count). The number of imidazole rings is 1. The van der Waals surface area contributed by atoms with E-state index in [0.29, 0.717) is 42.4 Å². The van der Waals surface area contributed by atoms with Crippen molar-refractivity contribution in [3.8, 4) is 0 Å². The fourth-order valence-corrected chi connectivity index (χ4v) is 4.71. The third kappa shape index (κ3) is 3.87. The summed E-state index contributed by atoms with van der Waals surface area (Å²) in [5, 5.41) is 0.339. The van der Waals surface area contributed by atoms with Gasteiger partial charge in [-0.2, -0.15) is 0 Å². The third-order valence-corrected chi connectivity index (χ3v) is 6.39. The summed E-state index contributed by atoms with van der Waals surface area (Å²) in [4.78, 5) is 46.3. The number of nitrogens with one attached hydrogen (secondary N) is 1. The highest BCUT2D eigenvalue weighted by Crippen LogP contribution is 2.29. The van der Waals surface area contributed by atoms with Crippen molar-refractivity contribution in [2.75, 3.05) is 19.6 Å². The molecule has 5 heterocycles. The van der Waals surface area contributed by atoms with Crippen LogP contribution in [0.2, 0.25) is 5.15 Å². The summed E-state index contributed by atoms with van der Waals surface area (Å²) < 4.78 is 0. The molecule has 9 heteroatoms. The highest BCUT2D eigenvalue weighted by atomic mass is 35.5. The number of hydrogen-bond acceptors (Lipinski definition) is 5. The predicted octanol–water partition coefficient (Wildman–Crippen LogP) is 3.02. The Morgan fingerprint density at radius 1 is 1.10 bits per heavy atom. The fraction of sp³-hybridized carbons (Fsp3) is 0.409. The number of pyridine rings is 2. The summed E-state index contributed by atoms with van der Waals surface area (Å²) in [5.41, 5.74) is 2.06. The molecule has 0 radical (unpaired) electrons. The van der Waals surface area contributed by atoms with Crippen molar-refractivity contribution in [2.24, 2.45) is 0 Å². The van der Waals surface area contributed by atoms with Gasteiger partial charge < -0.3 is 14.8 Å². The van der Waals surface area contributed by atoms with Crippen LogP contribution in [0.4, 0.5) is 0 Å². The van der Waals surface area contributed by atoms with Gasteiger partial charge in [0.05, 0.1) is 11.1 Å². The van der Waals surface area contributed by atoms with Crippen LogP contribution in [0.25, 0.3) is 11.2 Å². The first-order valence-corrected chi connectivity index (χ1v) is 11.0. The number of nitrogens with zero attached hydrogens (tertiary/aromatic N) is 5. The molecule has 1 N–H and O–H groups in total. The van der Waals surface area contributed by atoms with E-state index < -0.39 is 6.04 Å². The zero-order chi connectivity index (χ0) is 21.4. The molecule has 160 valence electrons. The van der Waals surface area contributed by atoms with Crippen molar-refractivity contribution in [3.63, 3.8) is 0 Å². The van der Waals surface area contributed by atoms with Crippen LogP contribution in [-0.4, -0.2) is 67.2 Å². The van der Waals surface area contributed by atoms with Gasteiger partial charge in [-0.3, -0.25) is 9.59 Å². The largest absolute Gasteiger partial charge is 0.340 e. The Labute approximate surface area is 184 Å². The molecule has 31 heavy (non-hydrogen) atoms. The first kappa shape index (κ1) is 19.9. The molecule has 2 amide bonds. The van der Waals surface area contributed by atoms with Crippen LogP contribution in [0.1, 0.15) is 47.8 Å². The zero-order valence-electron chi connectivity index (χ0n) is 17.0. The van der Waals surface area contributed by atoms with Crippen LogP contribution in [0, 0.1) is 0 Å². The monoisotopic (exact) mass is 438 g/mol. The van der Waals surface area contributed by atoms with Crippen molar-refractivity contribution in [1.82, 2.24) is 29.7 Å². The molecular formula is C22H23ClN6O2. The number of fused-ring (bicyclic) bond motifs is 1. The number of rotatable bonds is 3. The fourth-order valence-electron chi connectivity index (χ4n) is 4.60. The average Bonchev–Trinajstić information content (AvgIpc) is 3.46. The molecule has 2 aliphatic heterocycles. The van der Waals surface area contributed by atoms with Gasteiger partial charge in [0.15, 0.2) is 5.65 Å². The van der Waals surface area contributed by atoms with E-state index in [2.05, 4.69) is 19.9 Å². The van der Waals surface area contributed by atoms with Gasteiger partial charge in [-0.15, -0.1) is 0 Å². The van der Waals surface area contributed by atoms with Crippen molar-refractivity contribution in [3.05, 3.63) is 53.2 Å². The van der Waals surface area contributed by atoms with Crippen molar-refractivity contribution < 1.29 is 9.59 Å². The predicted molar refractivity (Wildman–Crippen MR) is 116 cm³/mol. The summed E-state index contributed by atoms with van der Waals surface area (Å²) in [6.45, 7) is 1.87. The third-order valence-electron chi connectivity index (χ3n) is 6.17. The molecule has 2 atom stereocenters. The maximum Gasteiger partial charge on any atom is 0.256 e. The minimum atomic E-state index is -0.431. The minimum Gasteiger partial charge on any atom is -0.340 e. The average molecular weight is 439 g/mol. The number of aromatic amines is 1.